The van der Waals surface area contributed by atoms with E-state index in [9.17, 15) is 18.0 Å². The van der Waals surface area contributed by atoms with Gasteiger partial charge in [-0.2, -0.15) is 0 Å². The average Bonchev–Trinajstić information content (AvgIpc) is 3.24. The summed E-state index contributed by atoms with van der Waals surface area (Å²) in [6, 6.07) is 8.97. The fourth-order valence-electron chi connectivity index (χ4n) is 2.98. The van der Waals surface area contributed by atoms with Gasteiger partial charge in [-0.25, -0.2) is 9.97 Å². The van der Waals surface area contributed by atoms with Crippen LogP contribution in [0.25, 0.3) is 21.3 Å². The molecule has 4 rings (SSSR count). The summed E-state index contributed by atoms with van der Waals surface area (Å²) >= 11 is 1.16. The first kappa shape index (κ1) is 20.9. The van der Waals surface area contributed by atoms with Crippen molar-refractivity contribution < 1.29 is 27.8 Å². The number of nitrogens with zero attached hydrogens (tertiary/aromatic N) is 3. The molecule has 0 fully saturated rings. The summed E-state index contributed by atoms with van der Waals surface area (Å²) in [5.41, 5.74) is 2.26. The fourth-order valence-corrected chi connectivity index (χ4v) is 3.86. The Labute approximate surface area is 177 Å². The molecule has 162 valence electrons. The SMILES string of the molecule is Cn1c(Nc2nc3ccc(OC(F)(F)F)cc3s2)nc2cc(C(=O)NCCO)ccc21. The van der Waals surface area contributed by atoms with Crippen LogP contribution in [0.15, 0.2) is 36.4 Å². The predicted octanol–water partition coefficient (Wildman–Crippen LogP) is 3.55. The van der Waals surface area contributed by atoms with Crippen LogP contribution in [0.5, 0.6) is 5.75 Å². The van der Waals surface area contributed by atoms with Crippen molar-refractivity contribution in [2.24, 2.45) is 7.05 Å². The molecule has 0 aliphatic carbocycles. The van der Waals surface area contributed by atoms with Gasteiger partial charge in [0.15, 0.2) is 5.13 Å². The lowest BCUT2D eigenvalue weighted by Crippen LogP contribution is -2.26. The third kappa shape index (κ3) is 4.54. The van der Waals surface area contributed by atoms with Gasteiger partial charge in [-0.1, -0.05) is 11.3 Å². The molecule has 2 aromatic heterocycles. The molecule has 0 unspecified atom stereocenters. The Kier molecular flexibility index (Phi) is 5.41. The van der Waals surface area contributed by atoms with E-state index in [2.05, 4.69) is 25.3 Å². The van der Waals surface area contributed by atoms with Gasteiger partial charge >= 0.3 is 6.36 Å². The van der Waals surface area contributed by atoms with Crippen molar-refractivity contribution in [3.8, 4) is 5.75 Å². The van der Waals surface area contributed by atoms with Gasteiger partial charge in [0.1, 0.15) is 5.75 Å². The molecule has 2 heterocycles. The monoisotopic (exact) mass is 451 g/mol. The van der Waals surface area contributed by atoms with Gasteiger partial charge in [-0.15, -0.1) is 13.2 Å². The summed E-state index contributed by atoms with van der Waals surface area (Å²) in [7, 11) is 1.78. The number of nitrogens with one attached hydrogen (secondary N) is 2. The Morgan fingerprint density at radius 2 is 2.00 bits per heavy atom. The Morgan fingerprint density at radius 1 is 1.19 bits per heavy atom. The van der Waals surface area contributed by atoms with Crippen LogP contribution < -0.4 is 15.4 Å². The van der Waals surface area contributed by atoms with Crippen LogP contribution in [-0.2, 0) is 7.05 Å². The standard InChI is InChI=1S/C19H16F3N5O3S/c1-27-14-5-2-10(16(29)23-6-7-28)8-13(14)24-17(27)26-18-25-12-4-3-11(9-15(12)31-18)30-19(20,21)22/h2-5,8-9,28H,6-7H2,1H3,(H,23,29)(H,24,25,26). The third-order valence-electron chi connectivity index (χ3n) is 4.35. The molecule has 0 radical (unpaired) electrons. The molecule has 0 aliphatic heterocycles. The molecule has 2 aromatic carbocycles. The highest BCUT2D eigenvalue weighted by molar-refractivity contribution is 7.22. The van der Waals surface area contributed by atoms with E-state index in [1.165, 1.54) is 18.2 Å². The maximum atomic E-state index is 12.4. The van der Waals surface area contributed by atoms with E-state index in [-0.39, 0.29) is 24.8 Å². The molecule has 12 heteroatoms. The number of carbonyl (C=O) groups is 1. The first-order valence-corrected chi connectivity index (χ1v) is 9.84. The second-order valence-corrected chi connectivity index (χ2v) is 7.53. The zero-order valence-electron chi connectivity index (χ0n) is 16.0. The Bertz CT molecular complexity index is 1270. The minimum absolute atomic E-state index is 0.152. The van der Waals surface area contributed by atoms with E-state index in [0.717, 1.165) is 16.9 Å². The molecule has 0 aliphatic rings. The van der Waals surface area contributed by atoms with Crippen LogP contribution in [0.3, 0.4) is 0 Å². The van der Waals surface area contributed by atoms with Crippen LogP contribution in [0, 0.1) is 0 Å². The molecule has 0 saturated heterocycles. The van der Waals surface area contributed by atoms with Crippen LogP contribution >= 0.6 is 11.3 Å². The number of alkyl halides is 3. The maximum absolute atomic E-state index is 12.4. The lowest BCUT2D eigenvalue weighted by atomic mass is 10.2. The molecule has 4 aromatic rings. The third-order valence-corrected chi connectivity index (χ3v) is 5.29. The summed E-state index contributed by atoms with van der Waals surface area (Å²) in [4.78, 5) is 20.9. The number of fused-ring (bicyclic) bond motifs is 2. The summed E-state index contributed by atoms with van der Waals surface area (Å²) < 4.78 is 43.5. The highest BCUT2D eigenvalue weighted by Crippen LogP contribution is 2.33. The number of aryl methyl sites for hydroxylation is 1. The summed E-state index contributed by atoms with van der Waals surface area (Å²) in [5, 5.41) is 14.9. The number of aliphatic hydroxyl groups excluding tert-OH is 1. The maximum Gasteiger partial charge on any atom is 0.573 e. The predicted molar refractivity (Wildman–Crippen MR) is 110 cm³/mol. The largest absolute Gasteiger partial charge is 0.573 e. The topological polar surface area (TPSA) is 101 Å². The number of aromatic nitrogens is 3. The lowest BCUT2D eigenvalue weighted by molar-refractivity contribution is -0.274. The van der Waals surface area contributed by atoms with Gasteiger partial charge in [0.2, 0.25) is 5.95 Å². The first-order chi connectivity index (χ1) is 14.7. The molecule has 0 spiro atoms. The Hall–Kier alpha value is -3.38. The summed E-state index contributed by atoms with van der Waals surface area (Å²) in [6.07, 6.45) is -4.76. The van der Waals surface area contributed by atoms with E-state index in [1.54, 1.807) is 29.8 Å². The number of benzene rings is 2. The molecule has 1 amide bonds. The van der Waals surface area contributed by atoms with Gasteiger partial charge in [0.05, 0.1) is 27.9 Å². The van der Waals surface area contributed by atoms with E-state index >= 15 is 0 Å². The minimum Gasteiger partial charge on any atom is -0.406 e. The van der Waals surface area contributed by atoms with Gasteiger partial charge in [-0.05, 0) is 30.3 Å². The van der Waals surface area contributed by atoms with Crippen LogP contribution in [0.1, 0.15) is 10.4 Å². The number of rotatable bonds is 6. The molecule has 0 atom stereocenters. The van der Waals surface area contributed by atoms with Crippen molar-refractivity contribution in [1.29, 1.82) is 0 Å². The fraction of sp³-hybridized carbons (Fsp3) is 0.211. The Balaban J connectivity index is 1.59. The number of aliphatic hydroxyl groups is 1. The molecule has 8 nitrogen and oxygen atoms in total. The second-order valence-electron chi connectivity index (χ2n) is 6.50. The number of amides is 1. The zero-order valence-corrected chi connectivity index (χ0v) is 16.8. The minimum atomic E-state index is -4.76. The second kappa shape index (κ2) is 8.04. The molecule has 31 heavy (non-hydrogen) atoms. The van der Waals surface area contributed by atoms with Crippen molar-refractivity contribution in [3.63, 3.8) is 0 Å². The van der Waals surface area contributed by atoms with Gasteiger partial charge < -0.3 is 25.0 Å². The summed E-state index contributed by atoms with van der Waals surface area (Å²) in [5.74, 6) is -0.183. The van der Waals surface area contributed by atoms with Gasteiger partial charge in [0, 0.05) is 25.2 Å². The number of ether oxygens (including phenoxy) is 1. The average molecular weight is 451 g/mol. The number of carbonyl (C=O) groups excluding carboxylic acids is 1. The quantitative estimate of drug-likeness (QED) is 0.415. The van der Waals surface area contributed by atoms with Crippen molar-refractivity contribution in [1.82, 2.24) is 19.9 Å². The number of anilines is 2. The van der Waals surface area contributed by atoms with Gasteiger partial charge in [-0.3, -0.25) is 4.79 Å². The number of hydrogen-bond acceptors (Lipinski definition) is 7. The molecular formula is C19H16F3N5O3S. The highest BCUT2D eigenvalue weighted by Gasteiger charge is 2.31. The number of imidazole rings is 1. The van der Waals surface area contributed by atoms with Gasteiger partial charge in [0.25, 0.3) is 5.91 Å². The molecule has 3 N–H and O–H groups in total. The normalized spacial score (nSPS) is 11.8. The smallest absolute Gasteiger partial charge is 0.406 e. The van der Waals surface area contributed by atoms with E-state index in [4.69, 9.17) is 5.11 Å². The van der Waals surface area contributed by atoms with Crippen molar-refractivity contribution in [3.05, 3.63) is 42.0 Å². The van der Waals surface area contributed by atoms with E-state index < -0.39 is 6.36 Å². The zero-order chi connectivity index (χ0) is 22.2. The molecular weight excluding hydrogens is 435 g/mol. The van der Waals surface area contributed by atoms with Crippen molar-refractivity contribution in [2.75, 3.05) is 18.5 Å². The van der Waals surface area contributed by atoms with E-state index in [1.807, 2.05) is 0 Å². The number of thiazole rings is 1. The highest BCUT2D eigenvalue weighted by atomic mass is 32.1. The van der Waals surface area contributed by atoms with Crippen LogP contribution in [0.4, 0.5) is 24.3 Å². The molecule has 0 bridgehead atoms. The Morgan fingerprint density at radius 3 is 2.74 bits per heavy atom. The number of halogens is 3. The summed E-state index contributed by atoms with van der Waals surface area (Å²) in [6.45, 7) is -0.00312. The number of hydrogen-bond donors (Lipinski definition) is 3. The van der Waals surface area contributed by atoms with Crippen LogP contribution in [-0.4, -0.2) is 45.1 Å². The van der Waals surface area contributed by atoms with Crippen LogP contribution in [0.2, 0.25) is 0 Å². The van der Waals surface area contributed by atoms with E-state index in [0.29, 0.717) is 32.4 Å². The first-order valence-electron chi connectivity index (χ1n) is 9.02. The van der Waals surface area contributed by atoms with Crippen molar-refractivity contribution in [2.45, 2.75) is 6.36 Å². The molecule has 0 saturated carbocycles. The lowest BCUT2D eigenvalue weighted by Gasteiger charge is -2.07. The van der Waals surface area contributed by atoms with Crippen molar-refractivity contribution >= 4 is 49.6 Å².